The molecule has 1 aliphatic heterocycles. The lowest BCUT2D eigenvalue weighted by molar-refractivity contribution is -0.142. The molecule has 0 spiro atoms. The summed E-state index contributed by atoms with van der Waals surface area (Å²) in [5.74, 6) is 0.329. The average molecular weight is 418 g/mol. The van der Waals surface area contributed by atoms with E-state index in [0.717, 1.165) is 23.4 Å². The van der Waals surface area contributed by atoms with Crippen LogP contribution in [-0.2, 0) is 6.18 Å². The van der Waals surface area contributed by atoms with Gasteiger partial charge in [-0.2, -0.15) is 18.3 Å². The maximum atomic E-state index is 13.5. The van der Waals surface area contributed by atoms with Gasteiger partial charge < -0.3 is 4.90 Å². The Morgan fingerprint density at radius 1 is 1.13 bits per heavy atom. The molecule has 1 aliphatic rings. The lowest BCUT2D eigenvalue weighted by atomic mass is 9.98. The highest BCUT2D eigenvalue weighted by atomic mass is 19.4. The molecule has 30 heavy (non-hydrogen) atoms. The number of aromatic nitrogens is 5. The molecule has 10 heteroatoms. The van der Waals surface area contributed by atoms with Gasteiger partial charge in [-0.3, -0.25) is 4.79 Å². The van der Waals surface area contributed by atoms with Gasteiger partial charge in [-0.1, -0.05) is 0 Å². The maximum absolute atomic E-state index is 13.5. The summed E-state index contributed by atoms with van der Waals surface area (Å²) >= 11 is 0. The fourth-order valence-electron chi connectivity index (χ4n) is 3.91. The number of likely N-dealkylation sites (tertiary alicyclic amines) is 1. The smallest absolute Gasteiger partial charge is 0.330 e. The minimum atomic E-state index is -4.56. The van der Waals surface area contributed by atoms with Crippen LogP contribution in [0.3, 0.4) is 0 Å². The van der Waals surface area contributed by atoms with Gasteiger partial charge in [-0.25, -0.2) is 19.5 Å². The van der Waals surface area contributed by atoms with Crippen LogP contribution in [0.1, 0.15) is 64.3 Å². The first-order chi connectivity index (χ1) is 14.1. The van der Waals surface area contributed by atoms with Crippen molar-refractivity contribution in [2.45, 2.75) is 52.3 Å². The van der Waals surface area contributed by atoms with Crippen molar-refractivity contribution >= 4 is 11.6 Å². The molecule has 4 rings (SSSR count). The highest BCUT2D eigenvalue weighted by Gasteiger charge is 2.36. The summed E-state index contributed by atoms with van der Waals surface area (Å²) in [6.45, 7) is 5.49. The number of fused-ring (bicyclic) bond motifs is 1. The minimum Gasteiger partial charge on any atom is -0.330 e. The van der Waals surface area contributed by atoms with Gasteiger partial charge in [0.25, 0.3) is 5.91 Å². The summed E-state index contributed by atoms with van der Waals surface area (Å²) in [6, 6.07) is 2.08. The molecule has 1 amide bonds. The second-order valence-corrected chi connectivity index (χ2v) is 7.55. The number of amides is 1. The summed E-state index contributed by atoms with van der Waals surface area (Å²) in [6.07, 6.45) is -0.784. The number of halogens is 3. The first-order valence-electron chi connectivity index (χ1n) is 9.71. The molecule has 0 saturated carbocycles. The fraction of sp³-hybridized carbons (Fsp3) is 0.450. The third kappa shape index (κ3) is 3.61. The van der Waals surface area contributed by atoms with Crippen LogP contribution in [-0.4, -0.2) is 41.9 Å². The Bertz CT molecular complexity index is 1120. The molecule has 0 aliphatic carbocycles. The van der Waals surface area contributed by atoms with Crippen molar-refractivity contribution < 1.29 is 18.0 Å². The summed E-state index contributed by atoms with van der Waals surface area (Å²) in [7, 11) is 0. The van der Waals surface area contributed by atoms with Crippen LogP contribution in [0.25, 0.3) is 5.65 Å². The lowest BCUT2D eigenvalue weighted by Gasteiger charge is -2.35. The van der Waals surface area contributed by atoms with Crippen molar-refractivity contribution in [1.82, 2.24) is 29.5 Å². The molecule has 0 bridgehead atoms. The van der Waals surface area contributed by atoms with E-state index in [2.05, 4.69) is 20.1 Å². The lowest BCUT2D eigenvalue weighted by Crippen LogP contribution is -2.39. The molecular formula is C20H21F3N6O. The van der Waals surface area contributed by atoms with E-state index in [1.54, 1.807) is 18.7 Å². The molecule has 158 valence electrons. The van der Waals surface area contributed by atoms with Gasteiger partial charge in [0.05, 0.1) is 23.0 Å². The topological polar surface area (TPSA) is 76.3 Å². The zero-order valence-corrected chi connectivity index (χ0v) is 16.9. The van der Waals surface area contributed by atoms with E-state index in [1.165, 1.54) is 19.2 Å². The molecule has 0 unspecified atom stereocenters. The summed E-state index contributed by atoms with van der Waals surface area (Å²) in [5.41, 5.74) is 0.852. The van der Waals surface area contributed by atoms with Gasteiger partial charge in [-0.15, -0.1) is 0 Å². The predicted octanol–water partition coefficient (Wildman–Crippen LogP) is 3.83. The average Bonchev–Trinajstić information content (AvgIpc) is 3.09. The van der Waals surface area contributed by atoms with E-state index in [9.17, 15) is 18.0 Å². The Hall–Kier alpha value is -3.04. The van der Waals surface area contributed by atoms with Gasteiger partial charge >= 0.3 is 6.18 Å². The summed E-state index contributed by atoms with van der Waals surface area (Å²) in [4.78, 5) is 27.5. The second kappa shape index (κ2) is 7.33. The highest BCUT2D eigenvalue weighted by Crippen LogP contribution is 2.34. The quantitative estimate of drug-likeness (QED) is 0.632. The summed E-state index contributed by atoms with van der Waals surface area (Å²) in [5, 5.41) is 4.22. The number of alkyl halides is 3. The number of rotatable bonds is 2. The van der Waals surface area contributed by atoms with Crippen molar-refractivity contribution in [3.8, 4) is 0 Å². The number of carbonyl (C=O) groups excluding carboxylic acids is 1. The number of nitrogens with zero attached hydrogens (tertiary/aromatic N) is 6. The normalized spacial score (nSPS) is 17.5. The molecule has 1 saturated heterocycles. The third-order valence-corrected chi connectivity index (χ3v) is 5.30. The van der Waals surface area contributed by atoms with Crippen LogP contribution in [0.2, 0.25) is 0 Å². The molecule has 3 aromatic rings. The zero-order valence-electron chi connectivity index (χ0n) is 16.9. The third-order valence-electron chi connectivity index (χ3n) is 5.30. The molecule has 0 radical (unpaired) electrons. The van der Waals surface area contributed by atoms with Crippen molar-refractivity contribution in [1.29, 1.82) is 0 Å². The monoisotopic (exact) mass is 418 g/mol. The Balaban J connectivity index is 1.76. The van der Waals surface area contributed by atoms with Crippen LogP contribution in [0, 0.1) is 20.8 Å². The Kier molecular flexibility index (Phi) is 4.95. The SMILES string of the molecule is Cc1cc(C(F)(F)F)n2nc([C@@H]3CCCCN3C(=O)c3cnc(C)nc3C)cc2n1. The van der Waals surface area contributed by atoms with Crippen molar-refractivity contribution in [2.75, 3.05) is 6.54 Å². The maximum Gasteiger partial charge on any atom is 0.433 e. The molecular weight excluding hydrogens is 397 g/mol. The number of carbonyl (C=O) groups is 1. The fourth-order valence-corrected chi connectivity index (χ4v) is 3.91. The summed E-state index contributed by atoms with van der Waals surface area (Å²) < 4.78 is 41.3. The van der Waals surface area contributed by atoms with Crippen LogP contribution in [0.5, 0.6) is 0 Å². The molecule has 1 atom stereocenters. The Labute approximate surface area is 171 Å². The molecule has 4 heterocycles. The second-order valence-electron chi connectivity index (χ2n) is 7.55. The van der Waals surface area contributed by atoms with Gasteiger partial charge in [-0.05, 0) is 46.1 Å². The minimum absolute atomic E-state index is 0.116. The van der Waals surface area contributed by atoms with Gasteiger partial charge in [0.15, 0.2) is 5.65 Å². The largest absolute Gasteiger partial charge is 0.433 e. The highest BCUT2D eigenvalue weighted by molar-refractivity contribution is 5.95. The van der Waals surface area contributed by atoms with Crippen LogP contribution < -0.4 is 0 Å². The number of piperidine rings is 1. The predicted molar refractivity (Wildman–Crippen MR) is 102 cm³/mol. The van der Waals surface area contributed by atoms with Crippen molar-refractivity contribution in [3.05, 3.63) is 52.5 Å². The Morgan fingerprint density at radius 2 is 1.90 bits per heavy atom. The molecule has 0 N–H and O–H groups in total. The van der Waals surface area contributed by atoms with Gasteiger partial charge in [0.1, 0.15) is 11.5 Å². The zero-order chi connectivity index (χ0) is 21.6. The van der Waals surface area contributed by atoms with Crippen LogP contribution in [0.15, 0.2) is 18.3 Å². The van der Waals surface area contributed by atoms with Crippen molar-refractivity contribution in [3.63, 3.8) is 0 Å². The first-order valence-corrected chi connectivity index (χ1v) is 9.71. The van der Waals surface area contributed by atoms with Crippen LogP contribution in [0.4, 0.5) is 13.2 Å². The van der Waals surface area contributed by atoms with E-state index in [1.807, 2.05) is 0 Å². The first kappa shape index (κ1) is 20.2. The molecule has 7 nitrogen and oxygen atoms in total. The number of aryl methyl sites for hydroxylation is 3. The van der Waals surface area contributed by atoms with E-state index < -0.39 is 17.9 Å². The number of hydrogen-bond donors (Lipinski definition) is 0. The van der Waals surface area contributed by atoms with Crippen molar-refractivity contribution in [2.24, 2.45) is 0 Å². The van der Waals surface area contributed by atoms with Crippen LogP contribution >= 0.6 is 0 Å². The molecule has 1 fully saturated rings. The van der Waals surface area contributed by atoms with E-state index in [0.29, 0.717) is 35.7 Å². The van der Waals surface area contributed by atoms with Gasteiger partial charge in [0, 0.05) is 24.5 Å². The van der Waals surface area contributed by atoms with E-state index in [-0.39, 0.29) is 17.2 Å². The Morgan fingerprint density at radius 3 is 2.60 bits per heavy atom. The molecule has 3 aromatic heterocycles. The van der Waals surface area contributed by atoms with E-state index >= 15 is 0 Å². The number of hydrogen-bond acceptors (Lipinski definition) is 5. The van der Waals surface area contributed by atoms with E-state index in [4.69, 9.17) is 0 Å². The molecule has 0 aromatic carbocycles. The van der Waals surface area contributed by atoms with Gasteiger partial charge in [0.2, 0.25) is 0 Å². The standard InChI is InChI=1S/C20H21F3N6O/c1-11-8-17(20(21,22)23)29-18(25-11)9-15(27-29)16-6-4-5-7-28(16)19(30)14-10-24-13(3)26-12(14)2/h8-10,16H,4-7H2,1-3H3/t16-/m0/s1.